The quantitative estimate of drug-likeness (QED) is 0.243. The van der Waals surface area contributed by atoms with Crippen LogP contribution in [0.1, 0.15) is 18.2 Å². The van der Waals surface area contributed by atoms with Crippen LogP contribution >= 0.6 is 23.2 Å². The summed E-state index contributed by atoms with van der Waals surface area (Å²) in [6.45, 7) is 2.80. The molecule has 3 rings (SSSR count). The van der Waals surface area contributed by atoms with Gasteiger partial charge in [0.2, 0.25) is 0 Å². The maximum atomic E-state index is 12.2. The first kappa shape index (κ1) is 25.7. The van der Waals surface area contributed by atoms with Gasteiger partial charge in [0.15, 0.2) is 6.10 Å². The van der Waals surface area contributed by atoms with E-state index in [0.717, 1.165) is 0 Å². The monoisotopic (exact) mass is 518 g/mol. The number of halogens is 2. The number of amides is 2. The van der Waals surface area contributed by atoms with Crippen LogP contribution in [0.5, 0.6) is 5.75 Å². The molecule has 2 amide bonds. The number of nitro groups is 1. The minimum Gasteiger partial charge on any atom is -0.479 e. The third-order valence-corrected chi connectivity index (χ3v) is 5.30. The van der Waals surface area contributed by atoms with Gasteiger partial charge in [-0.25, -0.2) is 5.43 Å². The van der Waals surface area contributed by atoms with Crippen LogP contribution in [0.2, 0.25) is 10.0 Å². The highest BCUT2D eigenvalue weighted by Crippen LogP contribution is 2.31. The van der Waals surface area contributed by atoms with Crippen molar-refractivity contribution >= 4 is 46.9 Å². The molecule has 1 heterocycles. The van der Waals surface area contributed by atoms with Gasteiger partial charge < -0.3 is 14.5 Å². The Labute approximate surface area is 210 Å². The minimum absolute atomic E-state index is 0.0144. The van der Waals surface area contributed by atoms with Crippen LogP contribution in [0, 0.1) is 17.0 Å². The molecule has 0 unspecified atom stereocenters. The van der Waals surface area contributed by atoms with Gasteiger partial charge in [-0.05, 0) is 44.2 Å². The van der Waals surface area contributed by atoms with Crippen molar-refractivity contribution in [1.29, 1.82) is 0 Å². The number of carbonyl (C=O) groups excluding carboxylic acids is 2. The summed E-state index contributed by atoms with van der Waals surface area (Å²) in [7, 11) is 0. The smallest absolute Gasteiger partial charge is 0.273 e. The van der Waals surface area contributed by atoms with E-state index in [-0.39, 0.29) is 23.0 Å². The summed E-state index contributed by atoms with van der Waals surface area (Å²) in [5.41, 5.74) is 3.29. The molecular formula is C23H20Cl2N4O6. The number of nitro benzene ring substituents is 1. The predicted molar refractivity (Wildman–Crippen MR) is 131 cm³/mol. The molecule has 1 atom stereocenters. The summed E-state index contributed by atoms with van der Waals surface area (Å²) in [5.74, 6) is -0.0882. The Kier molecular flexibility index (Phi) is 8.45. The van der Waals surface area contributed by atoms with Crippen LogP contribution in [-0.4, -0.2) is 35.6 Å². The van der Waals surface area contributed by atoms with E-state index in [2.05, 4.69) is 15.8 Å². The summed E-state index contributed by atoms with van der Waals surface area (Å²) in [4.78, 5) is 34.8. The SMILES string of the molecule is Cc1c(-c2ccc(/C=N\NC(=O)CNC(=O)[C@H](C)Oc3ccc(Cl)cc3Cl)o2)cccc1[N+](=O)[O-]. The first-order valence-electron chi connectivity index (χ1n) is 10.2. The molecule has 0 aliphatic carbocycles. The highest BCUT2D eigenvalue weighted by molar-refractivity contribution is 6.35. The maximum absolute atomic E-state index is 12.2. The molecule has 0 spiro atoms. The topological polar surface area (TPSA) is 136 Å². The standard InChI is InChI=1S/C23H20Cl2N4O6/c1-13-17(4-3-5-19(13)29(32)33)20-9-7-16(35-20)11-27-28-22(30)12-26-23(31)14(2)34-21-8-6-15(24)10-18(21)25/h3-11,14H,12H2,1-2H3,(H,26,31)(H,28,30)/b27-11-/t14-/m0/s1. The molecule has 0 aliphatic rings. The predicted octanol–water partition coefficient (Wildman–Crippen LogP) is 4.50. The average molecular weight is 519 g/mol. The van der Waals surface area contributed by atoms with Crippen LogP contribution in [0.25, 0.3) is 11.3 Å². The van der Waals surface area contributed by atoms with E-state index in [1.54, 1.807) is 37.3 Å². The summed E-state index contributed by atoms with van der Waals surface area (Å²) in [6, 6.07) is 12.5. The molecule has 35 heavy (non-hydrogen) atoms. The lowest BCUT2D eigenvalue weighted by molar-refractivity contribution is -0.385. The Morgan fingerprint density at radius 1 is 1.23 bits per heavy atom. The molecule has 0 bridgehead atoms. The van der Waals surface area contributed by atoms with Gasteiger partial charge in [-0.1, -0.05) is 35.3 Å². The number of hydrogen-bond donors (Lipinski definition) is 2. The Morgan fingerprint density at radius 2 is 2.00 bits per heavy atom. The first-order valence-corrected chi connectivity index (χ1v) is 11.0. The van der Waals surface area contributed by atoms with E-state index < -0.39 is 22.8 Å². The van der Waals surface area contributed by atoms with Gasteiger partial charge >= 0.3 is 0 Å². The van der Waals surface area contributed by atoms with Gasteiger partial charge in [0.1, 0.15) is 17.3 Å². The number of nitrogens with zero attached hydrogens (tertiary/aromatic N) is 2. The molecule has 182 valence electrons. The molecule has 0 radical (unpaired) electrons. The van der Waals surface area contributed by atoms with Gasteiger partial charge in [0, 0.05) is 22.2 Å². The zero-order chi connectivity index (χ0) is 25.5. The average Bonchev–Trinajstić information content (AvgIpc) is 3.27. The summed E-state index contributed by atoms with van der Waals surface area (Å²) in [5, 5.41) is 18.0. The molecule has 2 aromatic carbocycles. The molecule has 0 saturated heterocycles. The highest BCUT2D eigenvalue weighted by atomic mass is 35.5. The van der Waals surface area contributed by atoms with Gasteiger partial charge in [-0.2, -0.15) is 5.10 Å². The molecule has 10 nitrogen and oxygen atoms in total. The Balaban J connectivity index is 1.50. The first-order chi connectivity index (χ1) is 16.7. The van der Waals surface area contributed by atoms with Crippen LogP contribution in [0.3, 0.4) is 0 Å². The molecule has 1 aromatic heterocycles. The lowest BCUT2D eigenvalue weighted by atomic mass is 10.1. The van der Waals surface area contributed by atoms with Crippen molar-refractivity contribution in [3.05, 3.63) is 80.0 Å². The molecule has 0 aliphatic heterocycles. The summed E-state index contributed by atoms with van der Waals surface area (Å²) < 4.78 is 11.1. The van der Waals surface area contributed by atoms with Crippen molar-refractivity contribution in [2.24, 2.45) is 5.10 Å². The highest BCUT2D eigenvalue weighted by Gasteiger charge is 2.18. The van der Waals surface area contributed by atoms with E-state index in [1.807, 2.05) is 0 Å². The molecule has 0 saturated carbocycles. The molecule has 3 aromatic rings. The number of hydrazone groups is 1. The minimum atomic E-state index is -0.913. The van der Waals surface area contributed by atoms with E-state index in [9.17, 15) is 19.7 Å². The van der Waals surface area contributed by atoms with Crippen molar-refractivity contribution < 1.29 is 23.7 Å². The van der Waals surface area contributed by atoms with Crippen molar-refractivity contribution in [2.45, 2.75) is 20.0 Å². The van der Waals surface area contributed by atoms with Crippen molar-refractivity contribution in [1.82, 2.24) is 10.7 Å². The van der Waals surface area contributed by atoms with E-state index in [0.29, 0.717) is 27.7 Å². The molecule has 12 heteroatoms. The fourth-order valence-electron chi connectivity index (χ4n) is 2.99. The zero-order valence-corrected chi connectivity index (χ0v) is 20.1. The van der Waals surface area contributed by atoms with Gasteiger partial charge in [-0.3, -0.25) is 19.7 Å². The zero-order valence-electron chi connectivity index (χ0n) is 18.6. The number of ether oxygens (including phenoxy) is 1. The number of benzene rings is 2. The van der Waals surface area contributed by atoms with Crippen LogP contribution < -0.4 is 15.5 Å². The maximum Gasteiger partial charge on any atom is 0.273 e. The second-order valence-corrected chi connectivity index (χ2v) is 8.10. The van der Waals surface area contributed by atoms with Crippen molar-refractivity contribution in [3.63, 3.8) is 0 Å². The second-order valence-electron chi connectivity index (χ2n) is 7.25. The van der Waals surface area contributed by atoms with E-state index in [4.69, 9.17) is 32.4 Å². The number of rotatable bonds is 9. The van der Waals surface area contributed by atoms with Crippen LogP contribution in [-0.2, 0) is 9.59 Å². The number of furan rings is 1. The molecule has 2 N–H and O–H groups in total. The van der Waals surface area contributed by atoms with E-state index in [1.165, 1.54) is 31.3 Å². The largest absolute Gasteiger partial charge is 0.479 e. The molecular weight excluding hydrogens is 499 g/mol. The molecule has 0 fully saturated rings. The van der Waals surface area contributed by atoms with Crippen LogP contribution in [0.4, 0.5) is 5.69 Å². The summed E-state index contributed by atoms with van der Waals surface area (Å²) >= 11 is 11.9. The van der Waals surface area contributed by atoms with Gasteiger partial charge in [0.05, 0.1) is 22.7 Å². The van der Waals surface area contributed by atoms with Crippen molar-refractivity contribution in [2.75, 3.05) is 6.54 Å². The lowest BCUT2D eigenvalue weighted by Gasteiger charge is -2.15. The van der Waals surface area contributed by atoms with Gasteiger partial charge in [-0.15, -0.1) is 0 Å². The Bertz CT molecular complexity index is 1290. The summed E-state index contributed by atoms with van der Waals surface area (Å²) in [6.07, 6.45) is 0.355. The second kappa shape index (κ2) is 11.5. The van der Waals surface area contributed by atoms with Gasteiger partial charge in [0.25, 0.3) is 17.5 Å². The Morgan fingerprint density at radius 3 is 2.71 bits per heavy atom. The fraction of sp³-hybridized carbons (Fsp3) is 0.174. The third-order valence-electron chi connectivity index (χ3n) is 4.77. The lowest BCUT2D eigenvalue weighted by Crippen LogP contribution is -2.41. The fourth-order valence-corrected chi connectivity index (χ4v) is 3.44. The van der Waals surface area contributed by atoms with E-state index >= 15 is 0 Å². The third kappa shape index (κ3) is 6.81. The number of hydrogen-bond acceptors (Lipinski definition) is 7. The number of nitrogens with one attached hydrogen (secondary N) is 2. The Hall–Kier alpha value is -3.89. The van der Waals surface area contributed by atoms with Crippen LogP contribution in [0.15, 0.2) is 58.0 Å². The normalized spacial score (nSPS) is 11.8. The van der Waals surface area contributed by atoms with Crippen molar-refractivity contribution in [3.8, 4) is 17.1 Å². The number of carbonyl (C=O) groups is 2.